The zero-order valence-corrected chi connectivity index (χ0v) is 9.84. The lowest BCUT2D eigenvalue weighted by Crippen LogP contribution is -2.46. The van der Waals surface area contributed by atoms with E-state index in [0.717, 1.165) is 6.42 Å². The third-order valence-electron chi connectivity index (χ3n) is 4.75. The SMILES string of the molecule is CC1(C)CCC2(C)CCCC(O)C2C1. The molecule has 1 N–H and O–H groups in total. The van der Waals surface area contributed by atoms with Crippen molar-refractivity contribution in [2.45, 2.75) is 65.4 Å². The van der Waals surface area contributed by atoms with Crippen LogP contribution in [0.1, 0.15) is 59.3 Å². The molecule has 0 aromatic heterocycles. The van der Waals surface area contributed by atoms with E-state index >= 15 is 0 Å². The largest absolute Gasteiger partial charge is 0.393 e. The Kier molecular flexibility index (Phi) is 2.42. The van der Waals surface area contributed by atoms with Crippen molar-refractivity contribution in [1.29, 1.82) is 0 Å². The van der Waals surface area contributed by atoms with Crippen LogP contribution in [0.4, 0.5) is 0 Å². The summed E-state index contributed by atoms with van der Waals surface area (Å²) in [6, 6.07) is 0. The molecule has 1 nitrogen and oxygen atoms in total. The van der Waals surface area contributed by atoms with Gasteiger partial charge in [0, 0.05) is 0 Å². The Balaban J connectivity index is 2.17. The Hall–Kier alpha value is -0.0400. The average Bonchev–Trinajstić information content (AvgIpc) is 2.08. The molecule has 3 unspecified atom stereocenters. The first kappa shape index (κ1) is 10.5. The van der Waals surface area contributed by atoms with Gasteiger partial charge >= 0.3 is 0 Å². The van der Waals surface area contributed by atoms with Gasteiger partial charge in [-0.05, 0) is 48.9 Å². The maximum absolute atomic E-state index is 10.1. The van der Waals surface area contributed by atoms with Crippen LogP contribution in [-0.4, -0.2) is 11.2 Å². The lowest BCUT2D eigenvalue weighted by Gasteiger charge is -2.52. The van der Waals surface area contributed by atoms with Crippen LogP contribution in [0.5, 0.6) is 0 Å². The Morgan fingerprint density at radius 2 is 1.79 bits per heavy atom. The van der Waals surface area contributed by atoms with Crippen molar-refractivity contribution in [1.82, 2.24) is 0 Å². The van der Waals surface area contributed by atoms with Crippen molar-refractivity contribution < 1.29 is 5.11 Å². The van der Waals surface area contributed by atoms with E-state index in [1.165, 1.54) is 32.1 Å². The summed E-state index contributed by atoms with van der Waals surface area (Å²) in [7, 11) is 0. The van der Waals surface area contributed by atoms with Crippen LogP contribution in [-0.2, 0) is 0 Å². The number of hydrogen-bond acceptors (Lipinski definition) is 1. The predicted molar refractivity (Wildman–Crippen MR) is 59.1 cm³/mol. The number of rotatable bonds is 0. The number of aliphatic hydroxyl groups is 1. The minimum atomic E-state index is -0.0201. The molecule has 2 saturated carbocycles. The lowest BCUT2D eigenvalue weighted by atomic mass is 9.54. The van der Waals surface area contributed by atoms with Gasteiger partial charge in [-0.3, -0.25) is 0 Å². The molecule has 0 bridgehead atoms. The zero-order valence-electron chi connectivity index (χ0n) is 9.84. The lowest BCUT2D eigenvalue weighted by molar-refractivity contribution is -0.0749. The molecule has 2 rings (SSSR count). The van der Waals surface area contributed by atoms with Gasteiger partial charge in [0.1, 0.15) is 0 Å². The molecule has 0 heterocycles. The predicted octanol–water partition coefficient (Wildman–Crippen LogP) is 3.36. The fourth-order valence-corrected chi connectivity index (χ4v) is 3.58. The van der Waals surface area contributed by atoms with Gasteiger partial charge in [-0.1, -0.05) is 27.2 Å². The molecule has 82 valence electrons. The van der Waals surface area contributed by atoms with Crippen LogP contribution in [0, 0.1) is 16.7 Å². The summed E-state index contributed by atoms with van der Waals surface area (Å²) < 4.78 is 0. The van der Waals surface area contributed by atoms with Crippen LogP contribution >= 0.6 is 0 Å². The smallest absolute Gasteiger partial charge is 0.0573 e. The molecule has 0 aromatic rings. The number of hydrogen-bond donors (Lipinski definition) is 1. The van der Waals surface area contributed by atoms with Crippen molar-refractivity contribution in [3.63, 3.8) is 0 Å². The van der Waals surface area contributed by atoms with Gasteiger partial charge in [0.05, 0.1) is 6.10 Å². The third-order valence-corrected chi connectivity index (χ3v) is 4.75. The molecule has 0 saturated heterocycles. The quantitative estimate of drug-likeness (QED) is 0.630. The fraction of sp³-hybridized carbons (Fsp3) is 1.00. The Morgan fingerprint density at radius 1 is 1.07 bits per heavy atom. The standard InChI is InChI=1S/C13H24O/c1-12(2)7-8-13(3)6-4-5-11(14)10(13)9-12/h10-11,14H,4-9H2,1-3H3. The highest BCUT2D eigenvalue weighted by atomic mass is 16.3. The third kappa shape index (κ3) is 1.71. The van der Waals surface area contributed by atoms with Crippen molar-refractivity contribution in [2.75, 3.05) is 0 Å². The van der Waals surface area contributed by atoms with Gasteiger partial charge in [-0.25, -0.2) is 0 Å². The second-order valence-electron chi connectivity index (χ2n) is 6.59. The molecule has 2 aliphatic carbocycles. The summed E-state index contributed by atoms with van der Waals surface area (Å²) in [5.74, 6) is 0.569. The highest BCUT2D eigenvalue weighted by Gasteiger charge is 2.47. The van der Waals surface area contributed by atoms with E-state index in [1.807, 2.05) is 0 Å². The Labute approximate surface area is 87.9 Å². The molecule has 0 radical (unpaired) electrons. The first-order valence-electron chi connectivity index (χ1n) is 6.11. The van der Waals surface area contributed by atoms with Crippen molar-refractivity contribution in [2.24, 2.45) is 16.7 Å². The van der Waals surface area contributed by atoms with Gasteiger partial charge in [-0.15, -0.1) is 0 Å². The maximum Gasteiger partial charge on any atom is 0.0573 e. The van der Waals surface area contributed by atoms with Crippen LogP contribution in [0.3, 0.4) is 0 Å². The van der Waals surface area contributed by atoms with Crippen molar-refractivity contribution >= 4 is 0 Å². The Bertz CT molecular complexity index is 221. The van der Waals surface area contributed by atoms with E-state index in [2.05, 4.69) is 20.8 Å². The molecule has 0 aliphatic heterocycles. The molecular formula is C13H24O. The summed E-state index contributed by atoms with van der Waals surface area (Å²) in [6.45, 7) is 7.11. The van der Waals surface area contributed by atoms with Gasteiger partial charge in [-0.2, -0.15) is 0 Å². The number of aliphatic hydroxyl groups excluding tert-OH is 1. The molecule has 0 amide bonds. The molecule has 2 fully saturated rings. The molecule has 14 heavy (non-hydrogen) atoms. The molecule has 0 aromatic carbocycles. The van der Waals surface area contributed by atoms with E-state index in [4.69, 9.17) is 0 Å². The number of fused-ring (bicyclic) bond motifs is 1. The normalized spacial score (nSPS) is 47.1. The van der Waals surface area contributed by atoms with Crippen molar-refractivity contribution in [3.8, 4) is 0 Å². The molecule has 1 heteroatoms. The highest BCUT2D eigenvalue weighted by Crippen LogP contribution is 2.55. The summed E-state index contributed by atoms with van der Waals surface area (Å²) in [5.41, 5.74) is 0.912. The van der Waals surface area contributed by atoms with E-state index in [0.29, 0.717) is 16.7 Å². The first-order valence-corrected chi connectivity index (χ1v) is 6.11. The topological polar surface area (TPSA) is 20.2 Å². The monoisotopic (exact) mass is 196 g/mol. The van der Waals surface area contributed by atoms with E-state index in [1.54, 1.807) is 0 Å². The average molecular weight is 196 g/mol. The second kappa shape index (κ2) is 3.23. The van der Waals surface area contributed by atoms with Crippen LogP contribution in [0.25, 0.3) is 0 Å². The molecule has 2 aliphatic rings. The molecular weight excluding hydrogens is 172 g/mol. The second-order valence-corrected chi connectivity index (χ2v) is 6.59. The summed E-state index contributed by atoms with van der Waals surface area (Å²) in [6.07, 6.45) is 7.47. The highest BCUT2D eigenvalue weighted by molar-refractivity contribution is 4.97. The molecule has 0 spiro atoms. The van der Waals surface area contributed by atoms with E-state index in [9.17, 15) is 5.11 Å². The van der Waals surface area contributed by atoms with Gasteiger partial charge in [0.15, 0.2) is 0 Å². The summed E-state index contributed by atoms with van der Waals surface area (Å²) >= 11 is 0. The zero-order chi connectivity index (χ0) is 10.4. The van der Waals surface area contributed by atoms with Gasteiger partial charge in [0.25, 0.3) is 0 Å². The minimum Gasteiger partial charge on any atom is -0.393 e. The summed E-state index contributed by atoms with van der Waals surface area (Å²) in [4.78, 5) is 0. The van der Waals surface area contributed by atoms with Crippen LogP contribution in [0.2, 0.25) is 0 Å². The van der Waals surface area contributed by atoms with Crippen LogP contribution in [0.15, 0.2) is 0 Å². The van der Waals surface area contributed by atoms with E-state index in [-0.39, 0.29) is 6.10 Å². The Morgan fingerprint density at radius 3 is 2.50 bits per heavy atom. The molecule has 3 atom stereocenters. The first-order chi connectivity index (χ1) is 6.43. The van der Waals surface area contributed by atoms with Crippen molar-refractivity contribution in [3.05, 3.63) is 0 Å². The van der Waals surface area contributed by atoms with Gasteiger partial charge in [0.2, 0.25) is 0 Å². The van der Waals surface area contributed by atoms with Gasteiger partial charge < -0.3 is 5.11 Å². The maximum atomic E-state index is 10.1. The minimum absolute atomic E-state index is 0.0201. The van der Waals surface area contributed by atoms with E-state index < -0.39 is 0 Å². The van der Waals surface area contributed by atoms with Crippen LogP contribution < -0.4 is 0 Å². The summed E-state index contributed by atoms with van der Waals surface area (Å²) in [5, 5.41) is 10.1. The fourth-order valence-electron chi connectivity index (χ4n) is 3.58.